The molecule has 0 aromatic carbocycles. The molecule has 1 fully saturated rings. The quantitative estimate of drug-likeness (QED) is 0.833. The van der Waals surface area contributed by atoms with Crippen molar-refractivity contribution in [1.82, 2.24) is 10.0 Å². The first-order valence-corrected chi connectivity index (χ1v) is 6.46. The minimum absolute atomic E-state index is 0.263. The van der Waals surface area contributed by atoms with Crippen molar-refractivity contribution in [3.63, 3.8) is 0 Å². The van der Waals surface area contributed by atoms with Gasteiger partial charge >= 0.3 is 0 Å². The van der Waals surface area contributed by atoms with Gasteiger partial charge < -0.3 is 10.6 Å². The predicted octanol–water partition coefficient (Wildman–Crippen LogP) is 1.29. The third-order valence-corrected chi connectivity index (χ3v) is 3.39. The molecule has 1 aliphatic rings. The molecule has 1 aromatic rings. The summed E-state index contributed by atoms with van der Waals surface area (Å²) in [7, 11) is 3.00. The maximum absolute atomic E-state index is 12.1. The van der Waals surface area contributed by atoms with Crippen LogP contribution in [0.4, 0.5) is 11.5 Å². The Balaban J connectivity index is 2.26. The first kappa shape index (κ1) is 13.6. The minimum atomic E-state index is -0.263. The average Bonchev–Trinajstić information content (AvgIpc) is 2.47. The van der Waals surface area contributed by atoms with Crippen LogP contribution in [0.25, 0.3) is 0 Å². The summed E-state index contributed by atoms with van der Waals surface area (Å²) in [6.45, 7) is 1.95. The molecule has 19 heavy (non-hydrogen) atoms. The van der Waals surface area contributed by atoms with Crippen molar-refractivity contribution in [2.75, 3.05) is 37.9 Å². The topological polar surface area (TPSA) is 71.7 Å². The van der Waals surface area contributed by atoms with Gasteiger partial charge in [0.1, 0.15) is 5.82 Å². The van der Waals surface area contributed by atoms with E-state index in [0.717, 1.165) is 36.8 Å². The van der Waals surface area contributed by atoms with Gasteiger partial charge in [-0.05, 0) is 25.3 Å². The summed E-state index contributed by atoms with van der Waals surface area (Å²) in [4.78, 5) is 23.5. The van der Waals surface area contributed by atoms with Crippen molar-refractivity contribution < 1.29 is 9.63 Å². The molecule has 1 aromatic heterocycles. The van der Waals surface area contributed by atoms with Crippen LogP contribution < -0.4 is 10.6 Å². The van der Waals surface area contributed by atoms with Crippen LogP contribution in [0.5, 0.6) is 0 Å². The zero-order valence-corrected chi connectivity index (χ0v) is 11.4. The normalized spacial score (nSPS) is 15.4. The molecule has 2 rings (SSSR count). The lowest BCUT2D eigenvalue weighted by Crippen LogP contribution is -2.31. The molecule has 1 saturated heterocycles. The number of amides is 1. The highest BCUT2D eigenvalue weighted by molar-refractivity contribution is 5.99. The molecule has 104 valence electrons. The molecule has 6 heteroatoms. The molecule has 0 radical (unpaired) electrons. The van der Waals surface area contributed by atoms with Crippen molar-refractivity contribution in [2.24, 2.45) is 0 Å². The summed E-state index contributed by atoms with van der Waals surface area (Å²) >= 11 is 0. The second-order valence-electron chi connectivity index (χ2n) is 4.66. The number of rotatable bonds is 3. The number of carbonyl (C=O) groups is 1. The van der Waals surface area contributed by atoms with Crippen LogP contribution in [-0.2, 0) is 4.84 Å². The van der Waals surface area contributed by atoms with Gasteiger partial charge in [0.25, 0.3) is 5.91 Å². The Hall–Kier alpha value is -1.82. The largest absolute Gasteiger partial charge is 0.397 e. The number of anilines is 2. The van der Waals surface area contributed by atoms with Crippen LogP contribution in [0.3, 0.4) is 0 Å². The Bertz CT molecular complexity index is 458. The average molecular weight is 264 g/mol. The van der Waals surface area contributed by atoms with Crippen molar-refractivity contribution in [3.05, 3.63) is 17.8 Å². The molecule has 2 heterocycles. The third-order valence-electron chi connectivity index (χ3n) is 3.39. The highest BCUT2D eigenvalue weighted by Crippen LogP contribution is 2.22. The number of nitrogens with zero attached hydrogens (tertiary/aromatic N) is 3. The van der Waals surface area contributed by atoms with Gasteiger partial charge in [-0.2, -0.15) is 0 Å². The Kier molecular flexibility index (Phi) is 4.21. The summed E-state index contributed by atoms with van der Waals surface area (Å²) in [6.07, 6.45) is 5.12. The van der Waals surface area contributed by atoms with E-state index in [1.807, 2.05) is 0 Å². The highest BCUT2D eigenvalue weighted by atomic mass is 16.7. The molecule has 0 atom stereocenters. The molecule has 6 nitrogen and oxygen atoms in total. The molecule has 0 spiro atoms. The maximum Gasteiger partial charge on any atom is 0.279 e. The third kappa shape index (κ3) is 2.96. The van der Waals surface area contributed by atoms with Crippen LogP contribution >= 0.6 is 0 Å². The van der Waals surface area contributed by atoms with Gasteiger partial charge in [0.05, 0.1) is 24.6 Å². The predicted molar refractivity (Wildman–Crippen MR) is 73.8 cm³/mol. The molecule has 0 unspecified atom stereocenters. The fourth-order valence-electron chi connectivity index (χ4n) is 2.19. The fourth-order valence-corrected chi connectivity index (χ4v) is 2.19. The summed E-state index contributed by atoms with van der Waals surface area (Å²) in [6, 6.07) is 1.75. The highest BCUT2D eigenvalue weighted by Gasteiger charge is 2.19. The number of carbonyl (C=O) groups excluding carboxylic acids is 1. The smallest absolute Gasteiger partial charge is 0.279 e. The van der Waals surface area contributed by atoms with Gasteiger partial charge in [-0.25, -0.2) is 10.0 Å². The van der Waals surface area contributed by atoms with E-state index in [4.69, 9.17) is 10.6 Å². The van der Waals surface area contributed by atoms with E-state index in [0.29, 0.717) is 11.3 Å². The molecular formula is C13H20N4O2. The van der Waals surface area contributed by atoms with Crippen molar-refractivity contribution >= 4 is 17.4 Å². The number of hydrogen-bond acceptors (Lipinski definition) is 5. The number of nitrogen functional groups attached to an aromatic ring is 1. The molecule has 0 saturated carbocycles. The first-order chi connectivity index (χ1) is 9.13. The number of nitrogens with two attached hydrogens (primary N) is 1. The SMILES string of the molecule is CON(C)C(=O)c1cc(N2CCCCC2)ncc1N. The van der Waals surface area contributed by atoms with E-state index >= 15 is 0 Å². The van der Waals surface area contributed by atoms with Gasteiger partial charge in [-0.1, -0.05) is 0 Å². The Labute approximate surface area is 113 Å². The lowest BCUT2D eigenvalue weighted by atomic mass is 10.1. The van der Waals surface area contributed by atoms with Crippen LogP contribution in [0, 0.1) is 0 Å². The monoisotopic (exact) mass is 264 g/mol. The van der Waals surface area contributed by atoms with Gasteiger partial charge in [0.15, 0.2) is 0 Å². The number of aromatic nitrogens is 1. The number of hydrogen-bond donors (Lipinski definition) is 1. The van der Waals surface area contributed by atoms with Crippen LogP contribution in [0.15, 0.2) is 12.3 Å². The van der Waals surface area contributed by atoms with E-state index < -0.39 is 0 Å². The first-order valence-electron chi connectivity index (χ1n) is 6.46. The molecule has 2 N–H and O–H groups in total. The lowest BCUT2D eigenvalue weighted by Gasteiger charge is -2.28. The molecule has 0 aliphatic carbocycles. The number of pyridine rings is 1. The zero-order valence-electron chi connectivity index (χ0n) is 11.4. The number of hydroxylamine groups is 2. The van der Waals surface area contributed by atoms with Crippen molar-refractivity contribution in [1.29, 1.82) is 0 Å². The van der Waals surface area contributed by atoms with Crippen molar-refractivity contribution in [2.45, 2.75) is 19.3 Å². The minimum Gasteiger partial charge on any atom is -0.397 e. The summed E-state index contributed by atoms with van der Waals surface area (Å²) in [5.74, 6) is 0.544. The second kappa shape index (κ2) is 5.88. The molecular weight excluding hydrogens is 244 g/mol. The zero-order chi connectivity index (χ0) is 13.8. The van der Waals surface area contributed by atoms with E-state index in [-0.39, 0.29) is 5.91 Å². The Morgan fingerprint density at radius 1 is 1.42 bits per heavy atom. The molecule has 1 aliphatic heterocycles. The van der Waals surface area contributed by atoms with E-state index in [1.165, 1.54) is 13.5 Å². The standard InChI is InChI=1S/C13H20N4O2/c1-16(19-2)13(18)10-8-12(15-9-11(10)14)17-6-4-3-5-7-17/h8-9H,3-7,14H2,1-2H3. The molecule has 0 bridgehead atoms. The van der Waals surface area contributed by atoms with Crippen LogP contribution in [0.2, 0.25) is 0 Å². The van der Waals surface area contributed by atoms with Gasteiger partial charge in [0.2, 0.25) is 0 Å². The Morgan fingerprint density at radius 3 is 2.74 bits per heavy atom. The second-order valence-corrected chi connectivity index (χ2v) is 4.66. The number of piperidine rings is 1. The van der Waals surface area contributed by atoms with E-state index in [9.17, 15) is 4.79 Å². The summed E-state index contributed by atoms with van der Waals surface area (Å²) in [5.41, 5.74) is 6.63. The summed E-state index contributed by atoms with van der Waals surface area (Å²) < 4.78 is 0. The van der Waals surface area contributed by atoms with E-state index in [1.54, 1.807) is 19.3 Å². The van der Waals surface area contributed by atoms with Gasteiger partial charge in [-0.15, -0.1) is 0 Å². The molecule has 1 amide bonds. The van der Waals surface area contributed by atoms with Crippen LogP contribution in [0.1, 0.15) is 29.6 Å². The maximum atomic E-state index is 12.1. The van der Waals surface area contributed by atoms with Gasteiger partial charge in [0, 0.05) is 20.1 Å². The van der Waals surface area contributed by atoms with Gasteiger partial charge in [-0.3, -0.25) is 9.63 Å². The van der Waals surface area contributed by atoms with E-state index in [2.05, 4.69) is 9.88 Å². The lowest BCUT2D eigenvalue weighted by molar-refractivity contribution is -0.0756. The van der Waals surface area contributed by atoms with Crippen molar-refractivity contribution in [3.8, 4) is 0 Å². The Morgan fingerprint density at radius 2 is 2.11 bits per heavy atom. The van der Waals surface area contributed by atoms with Crippen LogP contribution in [-0.4, -0.2) is 43.2 Å². The fraction of sp³-hybridized carbons (Fsp3) is 0.538. The summed E-state index contributed by atoms with van der Waals surface area (Å²) in [5, 5.41) is 1.16.